The van der Waals surface area contributed by atoms with Crippen LogP contribution in [0.3, 0.4) is 0 Å². The predicted octanol–water partition coefficient (Wildman–Crippen LogP) is 2.35. The molecule has 0 aliphatic carbocycles. The van der Waals surface area contributed by atoms with Crippen molar-refractivity contribution < 1.29 is 4.74 Å². The van der Waals surface area contributed by atoms with Crippen molar-refractivity contribution in [2.24, 2.45) is 0 Å². The third-order valence-electron chi connectivity index (χ3n) is 1.84. The largest absolute Gasteiger partial charge is 0.369 e. The van der Waals surface area contributed by atoms with Crippen LogP contribution in [0.1, 0.15) is 44.1 Å². The first-order valence-corrected chi connectivity index (χ1v) is 6.49. The smallest absolute Gasteiger partial charge is 0.143 e. The molecule has 16 heavy (non-hydrogen) atoms. The van der Waals surface area contributed by atoms with Crippen molar-refractivity contribution in [3.63, 3.8) is 0 Å². The fourth-order valence-electron chi connectivity index (χ4n) is 1.07. The summed E-state index contributed by atoms with van der Waals surface area (Å²) >= 11 is 1.61. The highest BCUT2D eigenvalue weighted by Gasteiger charge is 2.12. The van der Waals surface area contributed by atoms with Gasteiger partial charge < -0.3 is 10.1 Å². The van der Waals surface area contributed by atoms with Crippen LogP contribution in [0, 0.1) is 0 Å². The second-order valence-corrected chi connectivity index (χ2v) is 5.81. The van der Waals surface area contributed by atoms with E-state index in [4.69, 9.17) is 4.74 Å². The van der Waals surface area contributed by atoms with Gasteiger partial charge in [0.1, 0.15) is 16.6 Å². The van der Waals surface area contributed by atoms with E-state index >= 15 is 0 Å². The minimum absolute atomic E-state index is 0.119. The molecule has 0 aliphatic heterocycles. The molecule has 1 rings (SSSR count). The van der Waals surface area contributed by atoms with Crippen molar-refractivity contribution in [3.8, 4) is 0 Å². The molecule has 1 heterocycles. The number of aromatic nitrogens is 2. The zero-order valence-electron chi connectivity index (χ0n) is 10.5. The van der Waals surface area contributed by atoms with E-state index < -0.39 is 0 Å². The number of hydrogen-bond acceptors (Lipinski definition) is 5. The van der Waals surface area contributed by atoms with Gasteiger partial charge in [0, 0.05) is 6.54 Å². The van der Waals surface area contributed by atoms with Gasteiger partial charge in [0.05, 0.1) is 5.60 Å². The Kier molecular flexibility index (Phi) is 5.31. The van der Waals surface area contributed by atoms with Crippen LogP contribution in [0.25, 0.3) is 0 Å². The molecular weight excluding hydrogens is 222 g/mol. The molecule has 0 aromatic carbocycles. The maximum atomic E-state index is 5.64. The van der Waals surface area contributed by atoms with Crippen LogP contribution in [0.15, 0.2) is 0 Å². The highest BCUT2D eigenvalue weighted by Crippen LogP contribution is 2.15. The molecule has 0 saturated heterocycles. The molecule has 1 N–H and O–H groups in total. The highest BCUT2D eigenvalue weighted by molar-refractivity contribution is 7.11. The summed E-state index contributed by atoms with van der Waals surface area (Å²) in [6, 6.07) is 0. The van der Waals surface area contributed by atoms with Gasteiger partial charge in [-0.3, -0.25) is 0 Å². The predicted molar refractivity (Wildman–Crippen MR) is 66.4 cm³/mol. The van der Waals surface area contributed by atoms with Crippen molar-refractivity contribution >= 4 is 11.3 Å². The molecular formula is C11H21N3OS. The third kappa shape index (κ3) is 5.53. The van der Waals surface area contributed by atoms with Crippen LogP contribution >= 0.6 is 11.3 Å². The van der Waals surface area contributed by atoms with E-state index in [1.165, 1.54) is 0 Å². The minimum atomic E-state index is -0.119. The molecule has 0 saturated carbocycles. The van der Waals surface area contributed by atoms with E-state index in [1.54, 1.807) is 11.3 Å². The quantitative estimate of drug-likeness (QED) is 0.779. The lowest BCUT2D eigenvalue weighted by atomic mass is 10.2. The molecule has 0 aliphatic rings. The third-order valence-corrected chi connectivity index (χ3v) is 2.74. The Balaban J connectivity index is 2.33. The Labute approximate surface area is 101 Å². The van der Waals surface area contributed by atoms with E-state index in [0.717, 1.165) is 29.5 Å². The van der Waals surface area contributed by atoms with Gasteiger partial charge in [0.25, 0.3) is 0 Å². The topological polar surface area (TPSA) is 47.0 Å². The number of ether oxygens (including phenoxy) is 1. The first-order valence-electron chi connectivity index (χ1n) is 5.67. The molecule has 1 aromatic heterocycles. The Morgan fingerprint density at radius 3 is 2.56 bits per heavy atom. The Morgan fingerprint density at radius 1 is 1.25 bits per heavy atom. The second kappa shape index (κ2) is 6.27. The Bertz CT molecular complexity index is 306. The normalized spacial score (nSPS) is 12.0. The summed E-state index contributed by atoms with van der Waals surface area (Å²) in [5.41, 5.74) is -0.119. The molecule has 1 aromatic rings. The molecule has 92 valence electrons. The highest BCUT2D eigenvalue weighted by atomic mass is 32.1. The molecule has 5 heteroatoms. The average molecular weight is 243 g/mol. The number of hydrogen-bond donors (Lipinski definition) is 1. The van der Waals surface area contributed by atoms with Gasteiger partial charge in [-0.2, -0.15) is 0 Å². The first-order chi connectivity index (χ1) is 7.51. The minimum Gasteiger partial charge on any atom is -0.369 e. The van der Waals surface area contributed by atoms with Gasteiger partial charge in [-0.1, -0.05) is 18.3 Å². The van der Waals surface area contributed by atoms with Gasteiger partial charge in [0.2, 0.25) is 0 Å². The number of nitrogens with one attached hydrogen (secondary N) is 1. The summed E-state index contributed by atoms with van der Waals surface area (Å²) in [6.07, 6.45) is 1.14. The van der Waals surface area contributed by atoms with Crippen molar-refractivity contribution in [1.29, 1.82) is 0 Å². The molecule has 0 atom stereocenters. The second-order valence-electron chi connectivity index (χ2n) is 4.67. The van der Waals surface area contributed by atoms with E-state index in [9.17, 15) is 0 Å². The van der Waals surface area contributed by atoms with Gasteiger partial charge in [-0.05, 0) is 33.7 Å². The summed E-state index contributed by atoms with van der Waals surface area (Å²) in [5.74, 6) is 0. The van der Waals surface area contributed by atoms with Crippen LogP contribution in [0.4, 0.5) is 0 Å². The van der Waals surface area contributed by atoms with Gasteiger partial charge in [-0.15, -0.1) is 10.2 Å². The summed E-state index contributed by atoms with van der Waals surface area (Å²) in [4.78, 5) is 0. The monoisotopic (exact) mass is 243 g/mol. The zero-order valence-corrected chi connectivity index (χ0v) is 11.4. The summed E-state index contributed by atoms with van der Waals surface area (Å²) in [5, 5.41) is 13.5. The van der Waals surface area contributed by atoms with Crippen LogP contribution < -0.4 is 5.32 Å². The van der Waals surface area contributed by atoms with E-state index in [2.05, 4.69) is 22.4 Å². The summed E-state index contributed by atoms with van der Waals surface area (Å²) in [7, 11) is 0. The Morgan fingerprint density at radius 2 is 1.94 bits per heavy atom. The van der Waals surface area contributed by atoms with Crippen molar-refractivity contribution in [2.45, 2.75) is 52.9 Å². The van der Waals surface area contributed by atoms with E-state index in [-0.39, 0.29) is 5.60 Å². The van der Waals surface area contributed by atoms with Crippen LogP contribution in [0.5, 0.6) is 0 Å². The van der Waals surface area contributed by atoms with E-state index in [0.29, 0.717) is 6.61 Å². The van der Waals surface area contributed by atoms with Crippen LogP contribution in [-0.4, -0.2) is 22.3 Å². The van der Waals surface area contributed by atoms with Gasteiger partial charge >= 0.3 is 0 Å². The maximum Gasteiger partial charge on any atom is 0.143 e. The summed E-state index contributed by atoms with van der Waals surface area (Å²) in [6.45, 7) is 10.6. The SMILES string of the molecule is CCCNCc1nnc(COC(C)(C)C)s1. The fourth-order valence-corrected chi connectivity index (χ4v) is 1.80. The maximum absolute atomic E-state index is 5.64. The molecule has 4 nitrogen and oxygen atoms in total. The van der Waals surface area contributed by atoms with Crippen LogP contribution in [0.2, 0.25) is 0 Å². The molecule has 0 fully saturated rings. The van der Waals surface area contributed by atoms with Crippen molar-refractivity contribution in [2.75, 3.05) is 6.54 Å². The summed E-state index contributed by atoms with van der Waals surface area (Å²) < 4.78 is 5.64. The molecule has 0 spiro atoms. The number of nitrogens with zero attached hydrogens (tertiary/aromatic N) is 2. The fraction of sp³-hybridized carbons (Fsp3) is 0.818. The lowest BCUT2D eigenvalue weighted by Crippen LogP contribution is -2.18. The average Bonchev–Trinajstić information content (AvgIpc) is 2.62. The van der Waals surface area contributed by atoms with E-state index in [1.807, 2.05) is 20.8 Å². The lowest BCUT2D eigenvalue weighted by Gasteiger charge is -2.17. The van der Waals surface area contributed by atoms with Crippen molar-refractivity contribution in [3.05, 3.63) is 10.0 Å². The standard InChI is InChI=1S/C11H21N3OS/c1-5-6-12-7-9-13-14-10(16-9)8-15-11(2,3)4/h12H,5-8H2,1-4H3. The molecule has 0 bridgehead atoms. The number of rotatable bonds is 6. The zero-order chi connectivity index (χ0) is 12.0. The first kappa shape index (κ1) is 13.5. The molecule has 0 radical (unpaired) electrons. The van der Waals surface area contributed by atoms with Crippen LogP contribution in [-0.2, 0) is 17.9 Å². The van der Waals surface area contributed by atoms with Crippen molar-refractivity contribution in [1.82, 2.24) is 15.5 Å². The molecule has 0 amide bonds. The van der Waals surface area contributed by atoms with Gasteiger partial charge in [-0.25, -0.2) is 0 Å². The Hall–Kier alpha value is -0.520. The lowest BCUT2D eigenvalue weighted by molar-refractivity contribution is -0.0152. The molecule has 0 unspecified atom stereocenters. The van der Waals surface area contributed by atoms with Gasteiger partial charge in [0.15, 0.2) is 0 Å².